The highest BCUT2D eigenvalue weighted by atomic mass is 16.5. The Labute approximate surface area is 91.5 Å². The Balaban J connectivity index is 2.13. The minimum absolute atomic E-state index is 0.352. The number of rotatable bonds is 2. The first-order chi connectivity index (χ1) is 7.31. The molecule has 1 N–H and O–H groups in total. The van der Waals surface area contributed by atoms with Crippen LogP contribution in [-0.2, 0) is 0 Å². The lowest BCUT2D eigenvalue weighted by Crippen LogP contribution is -2.60. The van der Waals surface area contributed by atoms with E-state index in [1.165, 1.54) is 11.9 Å². The molecular weight excluding hydrogens is 187 g/mol. The van der Waals surface area contributed by atoms with Gasteiger partial charge < -0.3 is 14.8 Å². The van der Waals surface area contributed by atoms with Gasteiger partial charge >= 0.3 is 6.98 Å². The number of hydrogen-bond acceptors (Lipinski definition) is 3. The van der Waals surface area contributed by atoms with E-state index in [-0.39, 0.29) is 0 Å². The number of nitrogens with zero attached hydrogens (tertiary/aromatic N) is 1. The minimum Gasteiger partial charge on any atom is -0.497 e. The van der Waals surface area contributed by atoms with Crippen LogP contribution in [0.4, 0.5) is 0 Å². The molecule has 2 rings (SSSR count). The molecule has 15 heavy (non-hydrogen) atoms. The van der Waals surface area contributed by atoms with Crippen LogP contribution in [0.25, 0.3) is 0 Å². The van der Waals surface area contributed by atoms with E-state index >= 15 is 0 Å². The Morgan fingerprint density at radius 3 is 2.67 bits per heavy atom. The summed E-state index contributed by atoms with van der Waals surface area (Å²) in [4.78, 5) is 2.34. The zero-order chi connectivity index (χ0) is 10.7. The molecule has 1 fully saturated rings. The van der Waals surface area contributed by atoms with Crippen LogP contribution in [-0.4, -0.2) is 39.0 Å². The van der Waals surface area contributed by atoms with Gasteiger partial charge in [0.1, 0.15) is 5.75 Å². The summed E-state index contributed by atoms with van der Waals surface area (Å²) in [5, 5.41) is 3.51. The predicted molar refractivity (Wildman–Crippen MR) is 63.6 cm³/mol. The van der Waals surface area contributed by atoms with Gasteiger partial charge in [-0.15, -0.1) is 0 Å². The molecule has 0 radical (unpaired) electrons. The molecule has 1 aliphatic heterocycles. The van der Waals surface area contributed by atoms with Crippen molar-refractivity contribution in [2.45, 2.75) is 6.42 Å². The lowest BCUT2D eigenvalue weighted by molar-refractivity contribution is 0.415. The molecule has 1 aromatic carbocycles. The topological polar surface area (TPSA) is 24.5 Å². The molecule has 0 spiro atoms. The molecule has 1 aromatic rings. The van der Waals surface area contributed by atoms with Gasteiger partial charge in [-0.3, -0.25) is 0 Å². The second kappa shape index (κ2) is 4.68. The largest absolute Gasteiger partial charge is 0.497 e. The maximum absolute atomic E-state index is 5.15. The van der Waals surface area contributed by atoms with Gasteiger partial charge in [0.15, 0.2) is 0 Å². The van der Waals surface area contributed by atoms with Crippen LogP contribution in [0.1, 0.15) is 6.42 Å². The van der Waals surface area contributed by atoms with Crippen molar-refractivity contribution in [3.8, 4) is 5.75 Å². The number of methoxy groups -OCH3 is 1. The maximum atomic E-state index is 5.15. The first-order valence-corrected chi connectivity index (χ1v) is 5.39. The summed E-state index contributed by atoms with van der Waals surface area (Å²) in [5.41, 5.74) is 1.30. The number of ether oxygens (including phenoxy) is 1. The van der Waals surface area contributed by atoms with Gasteiger partial charge in [0.25, 0.3) is 0 Å². The third kappa shape index (κ3) is 2.33. The SMILES string of the molecule is COc1ccc(B2NCCCN2C)cc1. The Bertz CT molecular complexity index is 315. The monoisotopic (exact) mass is 204 g/mol. The first kappa shape index (κ1) is 10.5. The van der Waals surface area contributed by atoms with Crippen molar-refractivity contribution < 1.29 is 4.74 Å². The molecule has 0 bridgehead atoms. The molecular formula is C11H17BN2O. The molecule has 1 saturated heterocycles. The molecule has 1 heterocycles. The van der Waals surface area contributed by atoms with Crippen LogP contribution < -0.4 is 15.4 Å². The van der Waals surface area contributed by atoms with Gasteiger partial charge in [0.2, 0.25) is 0 Å². The van der Waals surface area contributed by atoms with Crippen LogP contribution in [0.5, 0.6) is 5.75 Å². The van der Waals surface area contributed by atoms with E-state index in [4.69, 9.17) is 4.74 Å². The van der Waals surface area contributed by atoms with Crippen LogP contribution in [0, 0.1) is 0 Å². The van der Waals surface area contributed by atoms with E-state index in [1.54, 1.807) is 7.11 Å². The fraction of sp³-hybridized carbons (Fsp3) is 0.455. The second-order valence-electron chi connectivity index (χ2n) is 3.96. The molecule has 0 aromatic heterocycles. The van der Waals surface area contributed by atoms with Gasteiger partial charge in [-0.05, 0) is 44.2 Å². The van der Waals surface area contributed by atoms with Crippen molar-refractivity contribution in [3.05, 3.63) is 24.3 Å². The molecule has 0 atom stereocenters. The summed E-state index contributed by atoms with van der Waals surface area (Å²) in [6.07, 6.45) is 1.23. The van der Waals surface area contributed by atoms with E-state index in [0.29, 0.717) is 6.98 Å². The average molecular weight is 204 g/mol. The van der Waals surface area contributed by atoms with E-state index in [0.717, 1.165) is 18.8 Å². The quantitative estimate of drug-likeness (QED) is 0.702. The van der Waals surface area contributed by atoms with E-state index < -0.39 is 0 Å². The Hall–Kier alpha value is -0.995. The van der Waals surface area contributed by atoms with Crippen molar-refractivity contribution >= 4 is 12.4 Å². The molecule has 0 aliphatic carbocycles. The fourth-order valence-corrected chi connectivity index (χ4v) is 2.01. The zero-order valence-corrected chi connectivity index (χ0v) is 9.36. The summed E-state index contributed by atoms with van der Waals surface area (Å²) in [6, 6.07) is 8.27. The van der Waals surface area contributed by atoms with Crippen molar-refractivity contribution in [2.24, 2.45) is 0 Å². The Morgan fingerprint density at radius 1 is 1.33 bits per heavy atom. The van der Waals surface area contributed by atoms with Crippen molar-refractivity contribution in [1.82, 2.24) is 10.0 Å². The number of benzene rings is 1. The van der Waals surface area contributed by atoms with Gasteiger partial charge in [-0.25, -0.2) is 0 Å². The van der Waals surface area contributed by atoms with E-state index in [1.807, 2.05) is 12.1 Å². The standard InChI is InChI=1S/C11H17BN2O/c1-14-9-3-8-13-12(14)10-4-6-11(15-2)7-5-10/h4-7,13H,3,8-9H2,1-2H3. The smallest absolute Gasteiger partial charge is 0.343 e. The van der Waals surface area contributed by atoms with Gasteiger partial charge in [0, 0.05) is 0 Å². The van der Waals surface area contributed by atoms with E-state index in [2.05, 4.69) is 29.2 Å². The third-order valence-corrected chi connectivity index (χ3v) is 2.90. The predicted octanol–water partition coefficient (Wildman–Crippen LogP) is 0.315. The summed E-state index contributed by atoms with van der Waals surface area (Å²) in [5.74, 6) is 0.914. The van der Waals surface area contributed by atoms with Crippen LogP contribution in [0.3, 0.4) is 0 Å². The van der Waals surface area contributed by atoms with Gasteiger partial charge in [-0.1, -0.05) is 12.1 Å². The van der Waals surface area contributed by atoms with Gasteiger partial charge in [0.05, 0.1) is 7.11 Å². The normalized spacial score (nSPS) is 17.9. The van der Waals surface area contributed by atoms with Crippen molar-refractivity contribution in [1.29, 1.82) is 0 Å². The van der Waals surface area contributed by atoms with E-state index in [9.17, 15) is 0 Å². The highest BCUT2D eigenvalue weighted by molar-refractivity contribution is 6.68. The highest BCUT2D eigenvalue weighted by Gasteiger charge is 2.25. The summed E-state index contributed by atoms with van der Waals surface area (Å²) in [7, 11) is 3.85. The molecule has 0 saturated carbocycles. The summed E-state index contributed by atoms with van der Waals surface area (Å²) < 4.78 is 5.15. The van der Waals surface area contributed by atoms with Crippen molar-refractivity contribution in [2.75, 3.05) is 27.2 Å². The molecule has 0 amide bonds. The lowest BCUT2D eigenvalue weighted by atomic mass is 9.65. The first-order valence-electron chi connectivity index (χ1n) is 5.39. The van der Waals surface area contributed by atoms with Crippen LogP contribution in [0.15, 0.2) is 24.3 Å². The highest BCUT2D eigenvalue weighted by Crippen LogP contribution is 2.07. The average Bonchev–Trinajstić information content (AvgIpc) is 2.30. The molecule has 0 unspecified atom stereocenters. The second-order valence-corrected chi connectivity index (χ2v) is 3.96. The number of hydrogen-bond donors (Lipinski definition) is 1. The molecule has 3 nitrogen and oxygen atoms in total. The number of nitrogens with one attached hydrogen (secondary N) is 1. The zero-order valence-electron chi connectivity index (χ0n) is 9.36. The van der Waals surface area contributed by atoms with Crippen LogP contribution in [0.2, 0.25) is 0 Å². The molecule has 1 aliphatic rings. The molecule has 80 valence electrons. The third-order valence-electron chi connectivity index (χ3n) is 2.90. The minimum atomic E-state index is 0.352. The Morgan fingerprint density at radius 2 is 2.07 bits per heavy atom. The summed E-state index contributed by atoms with van der Waals surface area (Å²) >= 11 is 0. The lowest BCUT2D eigenvalue weighted by Gasteiger charge is -2.30. The van der Waals surface area contributed by atoms with Crippen molar-refractivity contribution in [3.63, 3.8) is 0 Å². The van der Waals surface area contributed by atoms with Gasteiger partial charge in [-0.2, -0.15) is 0 Å². The Kier molecular flexibility index (Phi) is 3.28. The summed E-state index contributed by atoms with van der Waals surface area (Å²) in [6.45, 7) is 2.61. The fourth-order valence-electron chi connectivity index (χ4n) is 2.01. The van der Waals surface area contributed by atoms with Crippen LogP contribution >= 0.6 is 0 Å². The maximum Gasteiger partial charge on any atom is 0.343 e. The molecule has 4 heteroatoms.